The standard InChI is InChI=1S/C25H18N2O2/c1-28-21-14-8-9-18(15-21)17-27-25-22(16-26)23(19-10-4-2-5-11-19)24(29-25)20-12-6-3-7-13-20/h2-15,17H,1H3/b27-17+. The Bertz CT molecular complexity index is 1190. The first kappa shape index (κ1) is 18.3. The molecule has 0 N–H and O–H groups in total. The summed E-state index contributed by atoms with van der Waals surface area (Å²) in [4.78, 5) is 4.49. The third-order valence-electron chi connectivity index (χ3n) is 4.52. The molecule has 0 bridgehead atoms. The lowest BCUT2D eigenvalue weighted by Crippen LogP contribution is -1.85. The van der Waals surface area contributed by atoms with Gasteiger partial charge in [0.05, 0.1) is 7.11 Å². The molecule has 0 unspecified atom stereocenters. The van der Waals surface area contributed by atoms with Gasteiger partial charge in [0, 0.05) is 17.3 Å². The number of methoxy groups -OCH3 is 1. The van der Waals surface area contributed by atoms with Crippen LogP contribution in [0.25, 0.3) is 22.5 Å². The molecule has 0 amide bonds. The van der Waals surface area contributed by atoms with E-state index in [1.165, 1.54) is 0 Å². The van der Waals surface area contributed by atoms with E-state index in [2.05, 4.69) is 11.1 Å². The first-order chi connectivity index (χ1) is 14.3. The second-order valence-electron chi connectivity index (χ2n) is 6.37. The number of furan rings is 1. The maximum absolute atomic E-state index is 9.90. The van der Waals surface area contributed by atoms with Gasteiger partial charge in [-0.05, 0) is 23.3 Å². The van der Waals surface area contributed by atoms with E-state index < -0.39 is 0 Å². The van der Waals surface area contributed by atoms with Crippen LogP contribution in [0.15, 0.2) is 94.3 Å². The lowest BCUT2D eigenvalue weighted by Gasteiger charge is -2.03. The van der Waals surface area contributed by atoms with Crippen LogP contribution in [0.3, 0.4) is 0 Å². The van der Waals surface area contributed by atoms with Crippen LogP contribution < -0.4 is 4.74 Å². The predicted octanol–water partition coefficient (Wildman–Crippen LogP) is 6.24. The second-order valence-corrected chi connectivity index (χ2v) is 6.37. The summed E-state index contributed by atoms with van der Waals surface area (Å²) in [5.41, 5.74) is 3.82. The average Bonchev–Trinajstić information content (AvgIpc) is 3.17. The molecular weight excluding hydrogens is 360 g/mol. The molecule has 1 heterocycles. The van der Waals surface area contributed by atoms with E-state index in [0.29, 0.717) is 11.3 Å². The van der Waals surface area contributed by atoms with Gasteiger partial charge < -0.3 is 9.15 Å². The van der Waals surface area contributed by atoms with Gasteiger partial charge in [0.15, 0.2) is 0 Å². The largest absolute Gasteiger partial charge is 0.497 e. The van der Waals surface area contributed by atoms with Crippen LogP contribution in [0.2, 0.25) is 0 Å². The zero-order valence-corrected chi connectivity index (χ0v) is 15.9. The fourth-order valence-electron chi connectivity index (χ4n) is 3.14. The molecule has 0 aliphatic rings. The summed E-state index contributed by atoms with van der Waals surface area (Å²) in [6.07, 6.45) is 1.67. The van der Waals surface area contributed by atoms with Crippen molar-refractivity contribution >= 4 is 12.1 Å². The molecule has 3 aromatic carbocycles. The maximum Gasteiger partial charge on any atom is 0.238 e. The Kier molecular flexibility index (Phi) is 5.22. The van der Waals surface area contributed by atoms with Crippen molar-refractivity contribution in [3.8, 4) is 34.3 Å². The van der Waals surface area contributed by atoms with Crippen LogP contribution in [0.5, 0.6) is 5.75 Å². The minimum atomic E-state index is 0.285. The van der Waals surface area contributed by atoms with Gasteiger partial charge in [0.2, 0.25) is 5.88 Å². The Morgan fingerprint density at radius 1 is 0.897 bits per heavy atom. The number of aliphatic imine (C=N–C) groups is 1. The monoisotopic (exact) mass is 378 g/mol. The molecular formula is C25H18N2O2. The summed E-state index contributed by atoms with van der Waals surface area (Å²) in [5, 5.41) is 9.90. The first-order valence-electron chi connectivity index (χ1n) is 9.16. The van der Waals surface area contributed by atoms with E-state index in [4.69, 9.17) is 9.15 Å². The number of ether oxygens (including phenoxy) is 1. The van der Waals surface area contributed by atoms with Gasteiger partial charge in [-0.1, -0.05) is 72.8 Å². The van der Waals surface area contributed by atoms with Crippen LogP contribution in [0, 0.1) is 11.3 Å². The van der Waals surface area contributed by atoms with Crippen LogP contribution in [0.4, 0.5) is 5.88 Å². The highest BCUT2D eigenvalue weighted by Crippen LogP contribution is 2.42. The molecule has 140 valence electrons. The summed E-state index contributed by atoms with van der Waals surface area (Å²) in [5.74, 6) is 1.66. The first-order valence-corrected chi connectivity index (χ1v) is 9.16. The molecule has 4 rings (SSSR count). The van der Waals surface area contributed by atoms with E-state index in [1.807, 2.05) is 84.9 Å². The quantitative estimate of drug-likeness (QED) is 0.386. The summed E-state index contributed by atoms with van der Waals surface area (Å²) < 4.78 is 11.4. The molecule has 29 heavy (non-hydrogen) atoms. The Labute approximate surface area is 169 Å². The molecule has 0 radical (unpaired) electrons. The number of benzene rings is 3. The highest BCUT2D eigenvalue weighted by molar-refractivity contribution is 5.89. The number of rotatable bonds is 5. The lowest BCUT2D eigenvalue weighted by molar-refractivity contribution is 0.415. The normalized spacial score (nSPS) is 10.8. The Morgan fingerprint density at radius 2 is 1.59 bits per heavy atom. The van der Waals surface area contributed by atoms with E-state index in [9.17, 15) is 5.26 Å². The van der Waals surface area contributed by atoms with Crippen molar-refractivity contribution in [1.82, 2.24) is 0 Å². The Balaban J connectivity index is 1.86. The maximum atomic E-state index is 9.90. The topological polar surface area (TPSA) is 58.5 Å². The molecule has 0 saturated heterocycles. The molecule has 0 saturated carbocycles. The summed E-state index contributed by atoms with van der Waals surface area (Å²) >= 11 is 0. The molecule has 0 fully saturated rings. The van der Waals surface area contributed by atoms with Crippen molar-refractivity contribution in [2.75, 3.05) is 7.11 Å². The lowest BCUT2D eigenvalue weighted by atomic mass is 9.98. The third-order valence-corrected chi connectivity index (χ3v) is 4.52. The zero-order chi connectivity index (χ0) is 20.1. The molecule has 0 atom stereocenters. The Hall–Kier alpha value is -4.10. The predicted molar refractivity (Wildman–Crippen MR) is 115 cm³/mol. The molecule has 1 aromatic heterocycles. The SMILES string of the molecule is COc1cccc(/C=N/c2oc(-c3ccccc3)c(-c3ccccc3)c2C#N)c1. The van der Waals surface area contributed by atoms with Crippen LogP contribution >= 0.6 is 0 Å². The van der Waals surface area contributed by atoms with Crippen molar-refractivity contribution in [1.29, 1.82) is 5.26 Å². The number of nitriles is 1. The number of hydrogen-bond donors (Lipinski definition) is 0. The fraction of sp³-hybridized carbons (Fsp3) is 0.0400. The minimum Gasteiger partial charge on any atom is -0.497 e. The van der Waals surface area contributed by atoms with Crippen molar-refractivity contribution in [2.45, 2.75) is 0 Å². The molecule has 0 spiro atoms. The van der Waals surface area contributed by atoms with Crippen molar-refractivity contribution in [3.05, 3.63) is 96.1 Å². The number of nitrogens with zero attached hydrogens (tertiary/aromatic N) is 2. The second kappa shape index (κ2) is 8.28. The minimum absolute atomic E-state index is 0.285. The molecule has 4 nitrogen and oxygen atoms in total. The van der Waals surface area contributed by atoms with Gasteiger partial charge in [-0.2, -0.15) is 5.26 Å². The zero-order valence-electron chi connectivity index (χ0n) is 15.9. The molecule has 0 aliphatic heterocycles. The molecule has 0 aliphatic carbocycles. The highest BCUT2D eigenvalue weighted by atomic mass is 16.5. The van der Waals surface area contributed by atoms with Gasteiger partial charge in [-0.25, -0.2) is 4.99 Å². The van der Waals surface area contributed by atoms with Crippen molar-refractivity contribution in [3.63, 3.8) is 0 Å². The fourth-order valence-corrected chi connectivity index (χ4v) is 3.14. The van der Waals surface area contributed by atoms with Crippen LogP contribution in [0.1, 0.15) is 11.1 Å². The molecule has 4 heteroatoms. The highest BCUT2D eigenvalue weighted by Gasteiger charge is 2.22. The Morgan fingerprint density at radius 3 is 2.24 bits per heavy atom. The number of hydrogen-bond acceptors (Lipinski definition) is 4. The van der Waals surface area contributed by atoms with E-state index in [-0.39, 0.29) is 5.88 Å². The molecule has 4 aromatic rings. The van der Waals surface area contributed by atoms with E-state index in [0.717, 1.165) is 28.0 Å². The van der Waals surface area contributed by atoms with Crippen LogP contribution in [-0.2, 0) is 0 Å². The van der Waals surface area contributed by atoms with Crippen LogP contribution in [-0.4, -0.2) is 13.3 Å². The van der Waals surface area contributed by atoms with Gasteiger partial charge in [0.1, 0.15) is 23.1 Å². The van der Waals surface area contributed by atoms with Gasteiger partial charge in [0.25, 0.3) is 0 Å². The van der Waals surface area contributed by atoms with Crippen molar-refractivity contribution in [2.24, 2.45) is 4.99 Å². The average molecular weight is 378 g/mol. The smallest absolute Gasteiger partial charge is 0.238 e. The van der Waals surface area contributed by atoms with E-state index in [1.54, 1.807) is 13.3 Å². The van der Waals surface area contributed by atoms with E-state index >= 15 is 0 Å². The van der Waals surface area contributed by atoms with Gasteiger partial charge in [-0.15, -0.1) is 0 Å². The summed E-state index contributed by atoms with van der Waals surface area (Å²) in [6.45, 7) is 0. The van der Waals surface area contributed by atoms with Gasteiger partial charge >= 0.3 is 0 Å². The summed E-state index contributed by atoms with van der Waals surface area (Å²) in [7, 11) is 1.62. The van der Waals surface area contributed by atoms with Gasteiger partial charge in [-0.3, -0.25) is 0 Å². The van der Waals surface area contributed by atoms with Crippen molar-refractivity contribution < 1.29 is 9.15 Å². The third kappa shape index (κ3) is 3.80. The summed E-state index contributed by atoms with van der Waals surface area (Å²) in [6, 6.07) is 29.3.